The molecule has 62 valence electrons. The van der Waals surface area contributed by atoms with Crippen LogP contribution in [0.2, 0.25) is 0 Å². The van der Waals surface area contributed by atoms with Gasteiger partial charge in [0.25, 0.3) is 0 Å². The lowest BCUT2D eigenvalue weighted by atomic mass is 9.83. The zero-order chi connectivity index (χ0) is 8.20. The Hall–Kier alpha value is 0. The van der Waals surface area contributed by atoms with Crippen LogP contribution in [0.25, 0.3) is 0 Å². The van der Waals surface area contributed by atoms with E-state index in [1.54, 1.807) is 0 Å². The molecule has 0 heteroatoms. The van der Waals surface area contributed by atoms with Crippen molar-refractivity contribution < 1.29 is 0 Å². The van der Waals surface area contributed by atoms with Gasteiger partial charge in [-0.3, -0.25) is 0 Å². The minimum absolute atomic E-state index is 0.653. The van der Waals surface area contributed by atoms with Gasteiger partial charge in [0.2, 0.25) is 0 Å². The molecular formula is C10H22. The highest BCUT2D eigenvalue weighted by atomic mass is 14.4. The van der Waals surface area contributed by atoms with Gasteiger partial charge in [-0.1, -0.05) is 47.5 Å². The first-order valence-electron chi connectivity index (χ1n) is 4.63. The first-order chi connectivity index (χ1) is 4.63. The fourth-order valence-electron chi connectivity index (χ4n) is 1.50. The normalized spacial score (nSPS) is 29.1. The van der Waals surface area contributed by atoms with Gasteiger partial charge in [-0.05, 0) is 17.8 Å². The Morgan fingerprint density at radius 2 is 1.70 bits per heavy atom. The van der Waals surface area contributed by atoms with Gasteiger partial charge in [-0.25, -0.2) is 0 Å². The van der Waals surface area contributed by atoms with Crippen molar-refractivity contribution >= 4 is 0 Å². The molecule has 0 nitrogen and oxygen atoms in total. The smallest absolute Gasteiger partial charge is 0.0329 e. The van der Waals surface area contributed by atoms with Crippen LogP contribution in [0.4, 0.5) is 0 Å². The second-order valence-corrected chi connectivity index (χ2v) is 3.78. The van der Waals surface area contributed by atoms with Crippen LogP contribution in [-0.2, 0) is 0 Å². The van der Waals surface area contributed by atoms with Gasteiger partial charge in [0.15, 0.2) is 0 Å². The van der Waals surface area contributed by atoms with E-state index in [1.807, 2.05) is 13.8 Å². The maximum absolute atomic E-state index is 2.38. The summed E-state index contributed by atoms with van der Waals surface area (Å²) in [4.78, 5) is 0. The van der Waals surface area contributed by atoms with Crippen LogP contribution >= 0.6 is 0 Å². The highest BCUT2D eigenvalue weighted by Gasteiger charge is 2.30. The van der Waals surface area contributed by atoms with Crippen molar-refractivity contribution in [3.8, 4) is 0 Å². The van der Waals surface area contributed by atoms with Gasteiger partial charge in [0.05, 0.1) is 0 Å². The van der Waals surface area contributed by atoms with Crippen LogP contribution in [0, 0.1) is 11.3 Å². The van der Waals surface area contributed by atoms with E-state index < -0.39 is 0 Å². The van der Waals surface area contributed by atoms with Crippen LogP contribution in [0.15, 0.2) is 0 Å². The molecule has 1 atom stereocenters. The predicted molar refractivity (Wildman–Crippen MR) is 48.1 cm³/mol. The van der Waals surface area contributed by atoms with Crippen molar-refractivity contribution in [3.05, 3.63) is 0 Å². The summed E-state index contributed by atoms with van der Waals surface area (Å²) < 4.78 is 0. The molecule has 1 rings (SSSR count). The van der Waals surface area contributed by atoms with Gasteiger partial charge in [0.1, 0.15) is 0 Å². The van der Waals surface area contributed by atoms with Crippen LogP contribution in [0.5, 0.6) is 0 Å². The molecule has 0 aliphatic heterocycles. The standard InChI is InChI=1S/C8H16.C2H6/c1-7-5-4-6-8(7,2)3;1-2/h7H,4-6H2,1-3H3;1-2H3/t7-;/m1./s1. The second kappa shape index (κ2) is 4.00. The van der Waals surface area contributed by atoms with E-state index in [0.717, 1.165) is 5.92 Å². The average Bonchev–Trinajstić information content (AvgIpc) is 2.17. The third-order valence-corrected chi connectivity index (χ3v) is 2.79. The summed E-state index contributed by atoms with van der Waals surface area (Å²) in [5.74, 6) is 0.961. The molecule has 0 bridgehead atoms. The van der Waals surface area contributed by atoms with Crippen molar-refractivity contribution in [1.82, 2.24) is 0 Å². The molecule has 0 radical (unpaired) electrons. The minimum Gasteiger partial charge on any atom is -0.0683 e. The molecule has 1 saturated carbocycles. The first kappa shape index (κ1) is 10.0. The lowest BCUT2D eigenvalue weighted by Crippen LogP contribution is -2.13. The Bertz CT molecular complexity index is 82.0. The van der Waals surface area contributed by atoms with Gasteiger partial charge in [0, 0.05) is 0 Å². The van der Waals surface area contributed by atoms with Crippen molar-refractivity contribution in [2.75, 3.05) is 0 Å². The Morgan fingerprint density at radius 3 is 1.80 bits per heavy atom. The lowest BCUT2D eigenvalue weighted by molar-refractivity contribution is 0.281. The fraction of sp³-hybridized carbons (Fsp3) is 1.00. The predicted octanol–water partition coefficient (Wildman–Crippen LogP) is 3.86. The Labute approximate surface area is 66.0 Å². The van der Waals surface area contributed by atoms with E-state index in [-0.39, 0.29) is 0 Å². The van der Waals surface area contributed by atoms with Crippen LogP contribution < -0.4 is 0 Å². The van der Waals surface area contributed by atoms with E-state index in [2.05, 4.69) is 20.8 Å². The molecule has 0 N–H and O–H groups in total. The second-order valence-electron chi connectivity index (χ2n) is 3.78. The van der Waals surface area contributed by atoms with Crippen LogP contribution in [-0.4, -0.2) is 0 Å². The largest absolute Gasteiger partial charge is 0.0683 e. The van der Waals surface area contributed by atoms with Gasteiger partial charge in [-0.15, -0.1) is 0 Å². The molecule has 0 saturated heterocycles. The van der Waals surface area contributed by atoms with Crippen molar-refractivity contribution in [3.63, 3.8) is 0 Å². The summed E-state index contributed by atoms with van der Waals surface area (Å²) in [5, 5.41) is 0. The minimum atomic E-state index is 0.653. The number of hydrogen-bond acceptors (Lipinski definition) is 0. The van der Waals surface area contributed by atoms with Gasteiger partial charge in [-0.2, -0.15) is 0 Å². The summed E-state index contributed by atoms with van der Waals surface area (Å²) in [6, 6.07) is 0. The molecular weight excluding hydrogens is 120 g/mol. The maximum Gasteiger partial charge on any atom is -0.0329 e. The first-order valence-corrected chi connectivity index (χ1v) is 4.63. The molecule has 0 unspecified atom stereocenters. The summed E-state index contributed by atoms with van der Waals surface area (Å²) in [6.45, 7) is 11.1. The fourth-order valence-corrected chi connectivity index (χ4v) is 1.50. The van der Waals surface area contributed by atoms with E-state index >= 15 is 0 Å². The van der Waals surface area contributed by atoms with Gasteiger partial charge >= 0.3 is 0 Å². The van der Waals surface area contributed by atoms with Crippen molar-refractivity contribution in [2.24, 2.45) is 11.3 Å². The molecule has 10 heavy (non-hydrogen) atoms. The Kier molecular flexibility index (Phi) is 4.00. The maximum atomic E-state index is 2.38. The SMILES string of the molecule is CC.C[C@@H]1CCCC1(C)C. The summed E-state index contributed by atoms with van der Waals surface area (Å²) in [6.07, 6.45) is 4.34. The molecule has 0 heterocycles. The molecule has 0 aromatic rings. The summed E-state index contributed by atoms with van der Waals surface area (Å²) >= 11 is 0. The van der Waals surface area contributed by atoms with E-state index in [9.17, 15) is 0 Å². The zero-order valence-electron chi connectivity index (χ0n) is 8.20. The van der Waals surface area contributed by atoms with E-state index in [4.69, 9.17) is 0 Å². The molecule has 0 aromatic carbocycles. The molecule has 0 spiro atoms. The van der Waals surface area contributed by atoms with Gasteiger partial charge < -0.3 is 0 Å². The topological polar surface area (TPSA) is 0 Å². The van der Waals surface area contributed by atoms with E-state index in [0.29, 0.717) is 5.41 Å². The third-order valence-electron chi connectivity index (χ3n) is 2.79. The summed E-state index contributed by atoms with van der Waals surface area (Å²) in [5.41, 5.74) is 0.653. The van der Waals surface area contributed by atoms with Crippen LogP contribution in [0.1, 0.15) is 53.9 Å². The quantitative estimate of drug-likeness (QED) is 0.482. The number of hydrogen-bond donors (Lipinski definition) is 0. The zero-order valence-corrected chi connectivity index (χ0v) is 8.20. The van der Waals surface area contributed by atoms with Crippen molar-refractivity contribution in [1.29, 1.82) is 0 Å². The molecule has 1 aliphatic rings. The lowest BCUT2D eigenvalue weighted by Gasteiger charge is -2.22. The highest BCUT2D eigenvalue weighted by molar-refractivity contribution is 4.81. The monoisotopic (exact) mass is 142 g/mol. The molecule has 0 aromatic heterocycles. The third kappa shape index (κ3) is 2.32. The molecule has 1 fully saturated rings. The Morgan fingerprint density at radius 1 is 1.20 bits per heavy atom. The van der Waals surface area contributed by atoms with E-state index in [1.165, 1.54) is 19.3 Å². The van der Waals surface area contributed by atoms with Crippen LogP contribution in [0.3, 0.4) is 0 Å². The molecule has 0 amide bonds. The average molecular weight is 142 g/mol. The number of rotatable bonds is 0. The Balaban J connectivity index is 0.000000371. The summed E-state index contributed by atoms with van der Waals surface area (Å²) in [7, 11) is 0. The molecule has 1 aliphatic carbocycles. The van der Waals surface area contributed by atoms with Crippen molar-refractivity contribution in [2.45, 2.75) is 53.9 Å². The highest BCUT2D eigenvalue weighted by Crippen LogP contribution is 2.41.